The van der Waals surface area contributed by atoms with Crippen LogP contribution in [-0.4, -0.2) is 35.1 Å². The third kappa shape index (κ3) is 4.18. The lowest BCUT2D eigenvalue weighted by atomic mass is 10.1. The van der Waals surface area contributed by atoms with Crippen molar-refractivity contribution < 1.29 is 18.6 Å². The molecule has 6 nitrogen and oxygen atoms in total. The zero-order chi connectivity index (χ0) is 19.6. The van der Waals surface area contributed by atoms with Crippen LogP contribution in [0, 0.1) is 6.92 Å². The van der Waals surface area contributed by atoms with E-state index in [1.165, 1.54) is 0 Å². The van der Waals surface area contributed by atoms with Crippen molar-refractivity contribution in [3.8, 4) is 17.1 Å². The monoisotopic (exact) mass is 382 g/mol. The van der Waals surface area contributed by atoms with Crippen molar-refractivity contribution >= 4 is 11.0 Å². The molecule has 0 saturated carbocycles. The van der Waals surface area contributed by atoms with E-state index in [-0.39, 0.29) is 6.29 Å². The van der Waals surface area contributed by atoms with Crippen LogP contribution in [0.4, 0.5) is 0 Å². The summed E-state index contributed by atoms with van der Waals surface area (Å²) in [4.78, 5) is 9.15. The fourth-order valence-corrected chi connectivity index (χ4v) is 3.35. The van der Waals surface area contributed by atoms with Gasteiger partial charge in [-0.05, 0) is 46.1 Å². The van der Waals surface area contributed by atoms with Gasteiger partial charge in [-0.2, -0.15) is 0 Å². The van der Waals surface area contributed by atoms with Gasteiger partial charge in [-0.25, -0.2) is 9.97 Å². The minimum absolute atomic E-state index is 0.156. The Labute approximate surface area is 164 Å². The maximum Gasteiger partial charge on any atom is 0.235 e. The van der Waals surface area contributed by atoms with E-state index in [1.54, 1.807) is 12.5 Å². The van der Waals surface area contributed by atoms with Crippen LogP contribution in [0.25, 0.3) is 22.2 Å². The molecule has 0 radical (unpaired) electrons. The lowest BCUT2D eigenvalue weighted by Gasteiger charge is -2.32. The number of hydrogen-bond donors (Lipinski definition) is 0. The van der Waals surface area contributed by atoms with Gasteiger partial charge in [-0.3, -0.25) is 0 Å². The molecule has 0 bridgehead atoms. The average molecular weight is 382 g/mol. The molecular formula is C22H26N2O4. The highest BCUT2D eigenvalue weighted by molar-refractivity contribution is 5.92. The van der Waals surface area contributed by atoms with Gasteiger partial charge in [0.2, 0.25) is 5.88 Å². The van der Waals surface area contributed by atoms with Crippen molar-refractivity contribution in [2.75, 3.05) is 13.2 Å². The van der Waals surface area contributed by atoms with Gasteiger partial charge in [0.15, 0.2) is 6.29 Å². The van der Waals surface area contributed by atoms with E-state index in [0.29, 0.717) is 12.5 Å². The molecule has 1 atom stereocenters. The van der Waals surface area contributed by atoms with Gasteiger partial charge in [-0.1, -0.05) is 18.2 Å². The van der Waals surface area contributed by atoms with E-state index in [1.807, 2.05) is 45.0 Å². The summed E-state index contributed by atoms with van der Waals surface area (Å²) < 4.78 is 23.3. The molecule has 1 aliphatic rings. The van der Waals surface area contributed by atoms with Gasteiger partial charge < -0.3 is 18.6 Å². The molecule has 3 aromatic rings. The summed E-state index contributed by atoms with van der Waals surface area (Å²) in [5.74, 6) is 0.512. The first kappa shape index (κ1) is 18.9. The molecule has 4 rings (SSSR count). The molecule has 0 aliphatic carbocycles. The number of rotatable bonds is 6. The summed E-state index contributed by atoms with van der Waals surface area (Å²) in [6.45, 7) is 7.03. The van der Waals surface area contributed by atoms with E-state index in [4.69, 9.17) is 18.6 Å². The fourth-order valence-electron chi connectivity index (χ4n) is 3.35. The van der Waals surface area contributed by atoms with Crippen molar-refractivity contribution in [2.24, 2.45) is 0 Å². The molecule has 1 aliphatic heterocycles. The lowest BCUT2D eigenvalue weighted by molar-refractivity contribution is -0.221. The van der Waals surface area contributed by atoms with Crippen LogP contribution in [0.15, 0.2) is 41.1 Å². The highest BCUT2D eigenvalue weighted by Crippen LogP contribution is 2.30. The minimum atomic E-state index is -0.477. The van der Waals surface area contributed by atoms with E-state index in [9.17, 15) is 0 Å². The van der Waals surface area contributed by atoms with Crippen molar-refractivity contribution in [1.82, 2.24) is 9.97 Å². The fraction of sp³-hybridized carbons (Fsp3) is 0.455. The van der Waals surface area contributed by atoms with E-state index >= 15 is 0 Å². The smallest absolute Gasteiger partial charge is 0.235 e. The second-order valence-corrected chi connectivity index (χ2v) is 7.75. The number of para-hydroxylation sites is 1. The molecule has 0 spiro atoms. The van der Waals surface area contributed by atoms with Crippen molar-refractivity contribution in [3.63, 3.8) is 0 Å². The Kier molecular flexibility index (Phi) is 5.33. The third-order valence-corrected chi connectivity index (χ3v) is 4.80. The number of ether oxygens (including phenoxy) is 3. The highest BCUT2D eigenvalue weighted by Gasteiger charge is 2.27. The Balaban J connectivity index is 1.44. The maximum absolute atomic E-state index is 6.06. The molecule has 6 heteroatoms. The highest BCUT2D eigenvalue weighted by atomic mass is 16.7. The Hall–Kier alpha value is -2.44. The molecule has 1 unspecified atom stereocenters. The molecule has 1 aromatic carbocycles. The molecule has 2 aromatic heterocycles. The Morgan fingerprint density at radius 2 is 2.07 bits per heavy atom. The summed E-state index contributed by atoms with van der Waals surface area (Å²) in [5, 5.41) is 1.02. The van der Waals surface area contributed by atoms with Gasteiger partial charge in [0.25, 0.3) is 0 Å². The first-order valence-electron chi connectivity index (χ1n) is 9.74. The van der Waals surface area contributed by atoms with Crippen LogP contribution in [0.5, 0.6) is 5.88 Å². The van der Waals surface area contributed by atoms with Gasteiger partial charge in [0.1, 0.15) is 24.1 Å². The molecule has 1 fully saturated rings. The summed E-state index contributed by atoms with van der Waals surface area (Å²) in [6, 6.07) is 7.89. The summed E-state index contributed by atoms with van der Waals surface area (Å²) in [5.41, 5.74) is 2.78. The normalized spacial score (nSPS) is 17.8. The lowest BCUT2D eigenvalue weighted by Crippen LogP contribution is -2.39. The molecule has 0 N–H and O–H groups in total. The van der Waals surface area contributed by atoms with E-state index in [0.717, 1.165) is 53.8 Å². The first-order valence-corrected chi connectivity index (χ1v) is 9.74. The van der Waals surface area contributed by atoms with E-state index in [2.05, 4.69) is 9.97 Å². The summed E-state index contributed by atoms with van der Waals surface area (Å²) >= 11 is 0. The Bertz CT molecular complexity index is 945. The number of aryl methyl sites for hydroxylation is 1. The average Bonchev–Trinajstić information content (AvgIpc) is 3.11. The molecule has 3 heterocycles. The van der Waals surface area contributed by atoms with Crippen LogP contribution < -0.4 is 4.74 Å². The van der Waals surface area contributed by atoms with Crippen molar-refractivity contribution in [2.45, 2.75) is 51.9 Å². The summed E-state index contributed by atoms with van der Waals surface area (Å²) in [7, 11) is 0. The minimum Gasteiger partial charge on any atom is -0.473 e. The number of hydrogen-bond acceptors (Lipinski definition) is 6. The van der Waals surface area contributed by atoms with Crippen molar-refractivity contribution in [3.05, 3.63) is 42.4 Å². The summed E-state index contributed by atoms with van der Waals surface area (Å²) in [6.07, 6.45) is 6.44. The van der Waals surface area contributed by atoms with E-state index < -0.39 is 5.60 Å². The second-order valence-electron chi connectivity index (χ2n) is 7.75. The standard InChI is InChI=1S/C22H26N2O4/c1-15-21(27-14-22(2,3)28-20-10-6-7-11-25-20)23-12-18(24-15)17-13-26-19-9-5-4-8-16(17)19/h4-5,8-9,12-13,20H,6-7,10-11,14H2,1-3H3. The predicted molar refractivity (Wildman–Crippen MR) is 106 cm³/mol. The molecule has 1 saturated heterocycles. The van der Waals surface area contributed by atoms with Gasteiger partial charge >= 0.3 is 0 Å². The number of benzene rings is 1. The van der Waals surface area contributed by atoms with Crippen LogP contribution in [0.1, 0.15) is 38.8 Å². The number of aromatic nitrogens is 2. The quantitative estimate of drug-likeness (QED) is 0.604. The van der Waals surface area contributed by atoms with Gasteiger partial charge in [0.05, 0.1) is 17.5 Å². The topological polar surface area (TPSA) is 66.6 Å². The molecular weight excluding hydrogens is 356 g/mol. The van der Waals surface area contributed by atoms with Crippen LogP contribution in [-0.2, 0) is 9.47 Å². The zero-order valence-electron chi connectivity index (χ0n) is 16.6. The maximum atomic E-state index is 6.06. The SMILES string of the molecule is Cc1nc(-c2coc3ccccc23)cnc1OCC(C)(C)OC1CCCCO1. The molecule has 28 heavy (non-hydrogen) atoms. The van der Waals surface area contributed by atoms with Gasteiger partial charge in [0, 0.05) is 17.6 Å². The molecule has 148 valence electrons. The number of nitrogens with zero attached hydrogens (tertiary/aromatic N) is 2. The Morgan fingerprint density at radius 3 is 2.86 bits per heavy atom. The number of furan rings is 1. The third-order valence-electron chi connectivity index (χ3n) is 4.80. The predicted octanol–water partition coefficient (Wildman–Crippen LogP) is 4.90. The van der Waals surface area contributed by atoms with Crippen LogP contribution in [0.3, 0.4) is 0 Å². The first-order chi connectivity index (χ1) is 13.5. The second kappa shape index (κ2) is 7.89. The zero-order valence-corrected chi connectivity index (χ0v) is 16.6. The number of fused-ring (bicyclic) bond motifs is 1. The van der Waals surface area contributed by atoms with Crippen LogP contribution in [0.2, 0.25) is 0 Å². The Morgan fingerprint density at radius 1 is 1.21 bits per heavy atom. The van der Waals surface area contributed by atoms with Crippen LogP contribution >= 0.6 is 0 Å². The molecule has 0 amide bonds. The van der Waals surface area contributed by atoms with Crippen molar-refractivity contribution in [1.29, 1.82) is 0 Å². The van der Waals surface area contributed by atoms with Gasteiger partial charge in [-0.15, -0.1) is 0 Å². The largest absolute Gasteiger partial charge is 0.473 e.